The number of carbonyl (C=O) groups is 1. The van der Waals surface area contributed by atoms with E-state index in [4.69, 9.17) is 9.15 Å². The summed E-state index contributed by atoms with van der Waals surface area (Å²) in [6.07, 6.45) is 1.96. The van der Waals surface area contributed by atoms with Gasteiger partial charge in [0.2, 0.25) is 14.9 Å². The van der Waals surface area contributed by atoms with Crippen molar-refractivity contribution in [3.05, 3.63) is 47.5 Å². The quantitative estimate of drug-likeness (QED) is 0.640. The summed E-state index contributed by atoms with van der Waals surface area (Å²) < 4.78 is 33.5. The van der Waals surface area contributed by atoms with Crippen LogP contribution in [-0.2, 0) is 9.84 Å². The van der Waals surface area contributed by atoms with E-state index in [1.165, 1.54) is 23.5 Å². The van der Waals surface area contributed by atoms with Crippen LogP contribution in [0.15, 0.2) is 51.3 Å². The van der Waals surface area contributed by atoms with E-state index < -0.39 is 15.7 Å². The second-order valence-corrected chi connectivity index (χ2v) is 8.56. The Morgan fingerprint density at radius 1 is 1.22 bits per heavy atom. The van der Waals surface area contributed by atoms with Crippen molar-refractivity contribution in [3.8, 4) is 17.0 Å². The van der Waals surface area contributed by atoms with Gasteiger partial charge in [0.05, 0.1) is 12.3 Å². The molecule has 0 aliphatic rings. The van der Waals surface area contributed by atoms with E-state index in [1.54, 1.807) is 0 Å². The molecule has 3 rings (SSSR count). The molecule has 0 aliphatic carbocycles. The van der Waals surface area contributed by atoms with Crippen LogP contribution in [-0.4, -0.2) is 32.2 Å². The van der Waals surface area contributed by atoms with E-state index >= 15 is 0 Å². The molecule has 0 aliphatic heterocycles. The molecule has 3 aromatic rings. The van der Waals surface area contributed by atoms with Crippen molar-refractivity contribution in [1.29, 1.82) is 0 Å². The molecule has 0 saturated carbocycles. The van der Waals surface area contributed by atoms with Gasteiger partial charge < -0.3 is 9.15 Å². The van der Waals surface area contributed by atoms with Gasteiger partial charge in [-0.15, -0.1) is 11.3 Å². The van der Waals surface area contributed by atoms with Gasteiger partial charge in [-0.2, -0.15) is 0 Å². The highest BCUT2D eigenvalue weighted by atomic mass is 32.2. The number of rotatable bonds is 7. The molecular weight excluding hydrogens is 388 g/mol. The maximum absolute atomic E-state index is 12.2. The normalized spacial score (nSPS) is 11.3. The van der Waals surface area contributed by atoms with Crippen LogP contribution in [0.5, 0.6) is 5.75 Å². The zero-order valence-corrected chi connectivity index (χ0v) is 16.4. The number of ether oxygens (including phenoxy) is 1. The van der Waals surface area contributed by atoms with Gasteiger partial charge >= 0.3 is 0 Å². The van der Waals surface area contributed by atoms with Crippen molar-refractivity contribution in [2.24, 2.45) is 0 Å². The van der Waals surface area contributed by atoms with Gasteiger partial charge in [0.15, 0.2) is 10.9 Å². The molecule has 142 valence electrons. The lowest BCUT2D eigenvalue weighted by atomic mass is 10.2. The summed E-state index contributed by atoms with van der Waals surface area (Å²) in [4.78, 5) is 16.6. The Balaban J connectivity index is 1.68. The number of hydrogen-bond donors (Lipinski definition) is 1. The smallest absolute Gasteiger partial charge is 0.293 e. The molecular formula is C18H18N2O5S2. The molecule has 1 aromatic carbocycles. The minimum atomic E-state index is -3.50. The van der Waals surface area contributed by atoms with Crippen LogP contribution < -0.4 is 10.1 Å². The van der Waals surface area contributed by atoms with Gasteiger partial charge in [-0.05, 0) is 42.8 Å². The number of aromatic nitrogens is 1. The van der Waals surface area contributed by atoms with Gasteiger partial charge in [-0.25, -0.2) is 13.4 Å². The molecule has 2 heterocycles. The molecule has 0 saturated heterocycles. The van der Waals surface area contributed by atoms with Crippen molar-refractivity contribution < 1.29 is 22.4 Å². The molecule has 0 fully saturated rings. The lowest BCUT2D eigenvalue weighted by Gasteiger charge is -2.04. The number of nitrogens with zero attached hydrogens (tertiary/aromatic N) is 1. The molecule has 0 unspecified atom stereocenters. The maximum Gasteiger partial charge on any atom is 0.293 e. The predicted octanol–water partition coefficient (Wildman–Crippen LogP) is 3.85. The number of anilines is 1. The van der Waals surface area contributed by atoms with Crippen molar-refractivity contribution >= 4 is 32.2 Å². The Morgan fingerprint density at radius 2 is 1.96 bits per heavy atom. The molecule has 0 spiro atoms. The molecule has 7 nitrogen and oxygen atoms in total. The first-order valence-electron chi connectivity index (χ1n) is 8.17. The molecule has 0 atom stereocenters. The second-order valence-electron chi connectivity index (χ2n) is 5.76. The minimum absolute atomic E-state index is 0.0930. The van der Waals surface area contributed by atoms with E-state index in [2.05, 4.69) is 10.3 Å². The summed E-state index contributed by atoms with van der Waals surface area (Å²) in [5, 5.41) is 4.56. The Labute approximate surface area is 160 Å². The molecule has 9 heteroatoms. The standard InChI is InChI=1S/C18H18N2O5S2/c1-3-10-24-13-6-4-12(5-7-13)14-11-26-18(19-14)20-17(21)15-8-9-16(25-15)27(2,22)23/h4-9,11H,3,10H2,1-2H3,(H,19,20,21). The third-order valence-electron chi connectivity index (χ3n) is 3.52. The first kappa shape index (κ1) is 19.1. The van der Waals surface area contributed by atoms with Crippen LogP contribution in [0.3, 0.4) is 0 Å². The van der Waals surface area contributed by atoms with Gasteiger partial charge in [0, 0.05) is 17.2 Å². The summed E-state index contributed by atoms with van der Waals surface area (Å²) in [6.45, 7) is 2.71. The minimum Gasteiger partial charge on any atom is -0.494 e. The SMILES string of the molecule is CCCOc1ccc(-c2csc(NC(=O)c3ccc(S(C)(=O)=O)o3)n2)cc1. The van der Waals surface area contributed by atoms with E-state index in [0.717, 1.165) is 24.0 Å². The highest BCUT2D eigenvalue weighted by Gasteiger charge is 2.18. The first-order valence-corrected chi connectivity index (χ1v) is 10.9. The van der Waals surface area contributed by atoms with Crippen LogP contribution in [0.4, 0.5) is 5.13 Å². The number of carbonyl (C=O) groups excluding carboxylic acids is 1. The highest BCUT2D eigenvalue weighted by molar-refractivity contribution is 7.90. The summed E-state index contributed by atoms with van der Waals surface area (Å²) in [7, 11) is -3.50. The fourth-order valence-electron chi connectivity index (χ4n) is 2.21. The first-order chi connectivity index (χ1) is 12.9. The fourth-order valence-corrected chi connectivity index (χ4v) is 3.48. The van der Waals surface area contributed by atoms with Crippen LogP contribution >= 0.6 is 11.3 Å². The van der Waals surface area contributed by atoms with Gasteiger partial charge in [-0.1, -0.05) is 6.92 Å². The Morgan fingerprint density at radius 3 is 2.59 bits per heavy atom. The largest absolute Gasteiger partial charge is 0.494 e. The van der Waals surface area contributed by atoms with Crippen LogP contribution in [0, 0.1) is 0 Å². The molecule has 2 aromatic heterocycles. The summed E-state index contributed by atoms with van der Waals surface area (Å²) in [6, 6.07) is 10.1. The van der Waals surface area contributed by atoms with Gasteiger partial charge in [0.1, 0.15) is 5.75 Å². The summed E-state index contributed by atoms with van der Waals surface area (Å²) in [5.41, 5.74) is 1.61. The monoisotopic (exact) mass is 406 g/mol. The number of furan rings is 1. The number of amides is 1. The number of benzene rings is 1. The molecule has 1 N–H and O–H groups in total. The lowest BCUT2D eigenvalue weighted by Crippen LogP contribution is -2.10. The Hall–Kier alpha value is -2.65. The van der Waals surface area contributed by atoms with Crippen molar-refractivity contribution in [1.82, 2.24) is 4.98 Å². The van der Waals surface area contributed by atoms with Crippen LogP contribution in [0.2, 0.25) is 0 Å². The molecule has 1 amide bonds. The summed E-state index contributed by atoms with van der Waals surface area (Å²) in [5.74, 6) is 0.141. The predicted molar refractivity (Wildman–Crippen MR) is 103 cm³/mol. The summed E-state index contributed by atoms with van der Waals surface area (Å²) >= 11 is 1.26. The third-order valence-corrected chi connectivity index (χ3v) is 5.23. The lowest BCUT2D eigenvalue weighted by molar-refractivity contribution is 0.0991. The van der Waals surface area contributed by atoms with Crippen LogP contribution in [0.1, 0.15) is 23.9 Å². The van der Waals surface area contributed by atoms with E-state index in [-0.39, 0.29) is 10.9 Å². The van der Waals surface area contributed by atoms with Crippen molar-refractivity contribution in [3.63, 3.8) is 0 Å². The molecule has 0 bridgehead atoms. The van der Waals surface area contributed by atoms with Crippen molar-refractivity contribution in [2.45, 2.75) is 18.4 Å². The zero-order chi connectivity index (χ0) is 19.4. The number of hydrogen-bond acceptors (Lipinski definition) is 7. The van der Waals surface area contributed by atoms with E-state index in [0.29, 0.717) is 17.4 Å². The van der Waals surface area contributed by atoms with E-state index in [1.807, 2.05) is 36.6 Å². The average molecular weight is 406 g/mol. The Bertz CT molecular complexity index is 1040. The third kappa shape index (κ3) is 4.75. The maximum atomic E-state index is 12.2. The number of thiazole rings is 1. The number of sulfone groups is 1. The average Bonchev–Trinajstić information content (AvgIpc) is 3.30. The van der Waals surface area contributed by atoms with Crippen molar-refractivity contribution in [2.75, 3.05) is 18.2 Å². The molecule has 0 radical (unpaired) electrons. The second kappa shape index (κ2) is 7.93. The van der Waals surface area contributed by atoms with Gasteiger partial charge in [0.25, 0.3) is 5.91 Å². The van der Waals surface area contributed by atoms with Crippen LogP contribution in [0.25, 0.3) is 11.3 Å². The fraction of sp³-hybridized carbons (Fsp3) is 0.222. The Kier molecular flexibility index (Phi) is 5.62. The number of nitrogens with one attached hydrogen (secondary N) is 1. The van der Waals surface area contributed by atoms with Gasteiger partial charge in [-0.3, -0.25) is 10.1 Å². The topological polar surface area (TPSA) is 98.5 Å². The van der Waals surface area contributed by atoms with E-state index in [9.17, 15) is 13.2 Å². The highest BCUT2D eigenvalue weighted by Crippen LogP contribution is 2.27. The molecule has 27 heavy (non-hydrogen) atoms. The zero-order valence-electron chi connectivity index (χ0n) is 14.8.